The third-order valence-corrected chi connectivity index (χ3v) is 5.43. The number of piperidine rings is 1. The Kier molecular flexibility index (Phi) is 4.37. The van der Waals surface area contributed by atoms with Crippen molar-refractivity contribution in [3.63, 3.8) is 0 Å². The predicted molar refractivity (Wildman–Crippen MR) is 86.4 cm³/mol. The van der Waals surface area contributed by atoms with Gasteiger partial charge in [-0.1, -0.05) is 5.16 Å². The van der Waals surface area contributed by atoms with Crippen molar-refractivity contribution in [2.24, 2.45) is 5.92 Å². The average molecular weight is 349 g/mol. The van der Waals surface area contributed by atoms with E-state index in [1.54, 1.807) is 0 Å². The third kappa shape index (κ3) is 3.49. The van der Waals surface area contributed by atoms with Crippen LogP contribution in [0.5, 0.6) is 0 Å². The van der Waals surface area contributed by atoms with Crippen LogP contribution in [0.1, 0.15) is 47.8 Å². The summed E-state index contributed by atoms with van der Waals surface area (Å²) in [5.74, 6) is -0.460. The summed E-state index contributed by atoms with van der Waals surface area (Å²) < 4.78 is 10.6. The number of likely N-dealkylation sites (tertiary alicyclic amines) is 1. The number of carboxylic acid groups (broad SMARTS) is 1. The van der Waals surface area contributed by atoms with Crippen LogP contribution in [0.4, 0.5) is 4.79 Å². The topological polar surface area (TPSA) is 96.1 Å². The predicted octanol–water partition coefficient (Wildman–Crippen LogP) is 1.78. The van der Waals surface area contributed by atoms with Crippen LogP contribution in [0, 0.1) is 5.92 Å². The molecule has 4 rings (SSSR count). The Bertz CT molecular complexity index is 648. The number of hydrogen-bond donors (Lipinski definition) is 1. The zero-order valence-corrected chi connectivity index (χ0v) is 14.1. The summed E-state index contributed by atoms with van der Waals surface area (Å²) in [4.78, 5) is 27.5. The molecule has 0 spiro atoms. The van der Waals surface area contributed by atoms with Gasteiger partial charge in [-0.2, -0.15) is 0 Å². The van der Waals surface area contributed by atoms with Crippen molar-refractivity contribution in [2.45, 2.75) is 37.7 Å². The van der Waals surface area contributed by atoms with E-state index >= 15 is 0 Å². The van der Waals surface area contributed by atoms with Gasteiger partial charge in [0.25, 0.3) is 0 Å². The van der Waals surface area contributed by atoms with Gasteiger partial charge in [-0.05, 0) is 31.6 Å². The second-order valence-electron chi connectivity index (χ2n) is 7.16. The maximum absolute atomic E-state index is 12.8. The van der Waals surface area contributed by atoms with Gasteiger partial charge in [-0.25, -0.2) is 9.59 Å². The van der Waals surface area contributed by atoms with Crippen LogP contribution in [0.25, 0.3) is 0 Å². The first-order valence-corrected chi connectivity index (χ1v) is 8.97. The molecule has 8 heteroatoms. The highest BCUT2D eigenvalue weighted by Gasteiger charge is 2.38. The Morgan fingerprint density at radius 2 is 1.88 bits per heavy atom. The molecule has 2 aliphatic heterocycles. The van der Waals surface area contributed by atoms with E-state index in [2.05, 4.69) is 5.16 Å². The van der Waals surface area contributed by atoms with E-state index in [1.807, 2.05) is 9.80 Å². The molecule has 2 saturated heterocycles. The number of urea groups is 1. The summed E-state index contributed by atoms with van der Waals surface area (Å²) in [6.45, 7) is 3.30. The quantitative estimate of drug-likeness (QED) is 0.894. The van der Waals surface area contributed by atoms with E-state index in [1.165, 1.54) is 18.9 Å². The largest absolute Gasteiger partial charge is 0.475 e. The van der Waals surface area contributed by atoms with Crippen LogP contribution < -0.4 is 0 Å². The number of aromatic nitrogens is 1. The molecule has 3 aliphatic rings. The Balaban J connectivity index is 1.31. The summed E-state index contributed by atoms with van der Waals surface area (Å²) in [6.07, 6.45) is 4.18. The van der Waals surface area contributed by atoms with Crippen molar-refractivity contribution in [3.05, 3.63) is 17.5 Å². The highest BCUT2D eigenvalue weighted by Crippen LogP contribution is 2.36. The molecule has 136 valence electrons. The molecule has 1 aliphatic carbocycles. The molecule has 1 aromatic rings. The first-order valence-electron chi connectivity index (χ1n) is 8.97. The van der Waals surface area contributed by atoms with Gasteiger partial charge in [-0.3, -0.25) is 0 Å². The number of rotatable bonds is 3. The Morgan fingerprint density at radius 3 is 2.52 bits per heavy atom. The lowest BCUT2D eigenvalue weighted by Gasteiger charge is -2.39. The standard InChI is InChI=1S/C17H23N3O5/c21-16(22)14-9-13(18-25-14)11-3-5-19(6-4-11)17(23)20-7-8-24-15(10-20)12-1-2-12/h9,11-12,15H,1-8,10H2,(H,21,22). The van der Waals surface area contributed by atoms with E-state index in [9.17, 15) is 9.59 Å². The average Bonchev–Trinajstić information content (AvgIpc) is 3.37. The summed E-state index contributed by atoms with van der Waals surface area (Å²) in [6, 6.07) is 1.59. The van der Waals surface area contributed by atoms with E-state index in [-0.39, 0.29) is 23.8 Å². The monoisotopic (exact) mass is 349 g/mol. The zero-order chi connectivity index (χ0) is 17.4. The van der Waals surface area contributed by atoms with E-state index < -0.39 is 5.97 Å². The lowest BCUT2D eigenvalue weighted by molar-refractivity contribution is -0.0305. The number of morpholine rings is 1. The van der Waals surface area contributed by atoms with Gasteiger partial charge in [0, 0.05) is 38.2 Å². The van der Waals surface area contributed by atoms with E-state index in [4.69, 9.17) is 14.4 Å². The molecular formula is C17H23N3O5. The lowest BCUT2D eigenvalue weighted by Crippen LogP contribution is -2.52. The molecule has 1 N–H and O–H groups in total. The number of nitrogens with zero attached hydrogens (tertiary/aromatic N) is 3. The molecule has 1 unspecified atom stereocenters. The molecular weight excluding hydrogens is 326 g/mol. The minimum absolute atomic E-state index is 0.0961. The molecule has 0 radical (unpaired) electrons. The van der Waals surface area contributed by atoms with Gasteiger partial charge in [0.15, 0.2) is 0 Å². The van der Waals surface area contributed by atoms with Crippen LogP contribution in [-0.2, 0) is 4.74 Å². The summed E-state index contributed by atoms with van der Waals surface area (Å²) in [7, 11) is 0. The molecule has 3 heterocycles. The minimum Gasteiger partial charge on any atom is -0.475 e. The number of ether oxygens (including phenoxy) is 1. The normalized spacial score (nSPS) is 25.2. The second-order valence-corrected chi connectivity index (χ2v) is 7.16. The number of amides is 2. The van der Waals surface area contributed by atoms with Crippen molar-refractivity contribution in [3.8, 4) is 0 Å². The van der Waals surface area contributed by atoms with E-state index in [0.717, 1.165) is 12.8 Å². The molecule has 8 nitrogen and oxygen atoms in total. The molecule has 0 bridgehead atoms. The third-order valence-electron chi connectivity index (χ3n) is 5.43. The maximum Gasteiger partial charge on any atom is 0.374 e. The molecule has 3 fully saturated rings. The smallest absolute Gasteiger partial charge is 0.374 e. The Labute approximate surface area is 145 Å². The van der Waals surface area contributed by atoms with Crippen molar-refractivity contribution in [2.75, 3.05) is 32.8 Å². The van der Waals surface area contributed by atoms with E-state index in [0.29, 0.717) is 44.4 Å². The Hall–Kier alpha value is -2.09. The zero-order valence-electron chi connectivity index (χ0n) is 14.1. The number of carboxylic acids is 1. The minimum atomic E-state index is -1.11. The lowest BCUT2D eigenvalue weighted by atomic mass is 9.93. The van der Waals surface area contributed by atoms with Crippen molar-refractivity contribution >= 4 is 12.0 Å². The molecule has 25 heavy (non-hydrogen) atoms. The van der Waals surface area contributed by atoms with Crippen LogP contribution >= 0.6 is 0 Å². The summed E-state index contributed by atoms with van der Waals surface area (Å²) in [5, 5.41) is 12.8. The number of hydrogen-bond acceptors (Lipinski definition) is 5. The fraction of sp³-hybridized carbons (Fsp3) is 0.706. The Morgan fingerprint density at radius 1 is 1.12 bits per heavy atom. The van der Waals surface area contributed by atoms with Crippen LogP contribution in [0.2, 0.25) is 0 Å². The number of carbonyl (C=O) groups is 2. The van der Waals surface area contributed by atoms with Gasteiger partial charge in [0.2, 0.25) is 5.76 Å². The SMILES string of the molecule is O=C(O)c1cc(C2CCN(C(=O)N3CCOC(C4CC4)C3)CC2)no1. The maximum atomic E-state index is 12.8. The van der Waals surface area contributed by atoms with Crippen molar-refractivity contribution in [1.29, 1.82) is 0 Å². The number of aromatic carboxylic acids is 1. The highest BCUT2D eigenvalue weighted by atomic mass is 16.5. The van der Waals surface area contributed by atoms with Gasteiger partial charge < -0.3 is 24.2 Å². The highest BCUT2D eigenvalue weighted by molar-refractivity contribution is 5.84. The summed E-state index contributed by atoms with van der Waals surface area (Å²) in [5.41, 5.74) is 0.671. The summed E-state index contributed by atoms with van der Waals surface area (Å²) >= 11 is 0. The van der Waals surface area contributed by atoms with Crippen LogP contribution in [0.3, 0.4) is 0 Å². The molecule has 0 aromatic carbocycles. The second kappa shape index (κ2) is 6.67. The molecule has 1 saturated carbocycles. The van der Waals surface area contributed by atoms with Crippen molar-refractivity contribution in [1.82, 2.24) is 15.0 Å². The van der Waals surface area contributed by atoms with Gasteiger partial charge >= 0.3 is 12.0 Å². The molecule has 1 aromatic heterocycles. The van der Waals surface area contributed by atoms with Crippen LogP contribution in [-0.4, -0.2) is 71.0 Å². The first kappa shape index (κ1) is 16.4. The first-order chi connectivity index (χ1) is 12.1. The fourth-order valence-electron chi connectivity index (χ4n) is 3.75. The molecule has 1 atom stereocenters. The van der Waals surface area contributed by atoms with Crippen LogP contribution in [0.15, 0.2) is 10.6 Å². The number of carbonyl (C=O) groups excluding carboxylic acids is 1. The van der Waals surface area contributed by atoms with Gasteiger partial charge in [0.05, 0.1) is 18.4 Å². The van der Waals surface area contributed by atoms with Crippen molar-refractivity contribution < 1.29 is 24.0 Å². The van der Waals surface area contributed by atoms with Gasteiger partial charge in [0.1, 0.15) is 0 Å². The fourth-order valence-corrected chi connectivity index (χ4v) is 3.75. The van der Waals surface area contributed by atoms with Gasteiger partial charge in [-0.15, -0.1) is 0 Å². The molecule has 2 amide bonds.